The van der Waals surface area contributed by atoms with E-state index in [1.54, 1.807) is 16.3 Å². The molecule has 0 aromatic carbocycles. The first-order chi connectivity index (χ1) is 10.4. The van der Waals surface area contributed by atoms with Crippen molar-refractivity contribution in [1.82, 2.24) is 14.3 Å². The molecule has 0 spiro atoms. The van der Waals surface area contributed by atoms with E-state index in [-0.39, 0.29) is 30.8 Å². The number of hydrogen-bond acceptors (Lipinski definition) is 6. The average Bonchev–Trinajstić information content (AvgIpc) is 3.13. The zero-order valence-corrected chi connectivity index (χ0v) is 14.5. The summed E-state index contributed by atoms with van der Waals surface area (Å²) in [5.41, 5.74) is -0.541. The largest absolute Gasteiger partial charge is 0.394 e. The number of aromatic nitrogens is 2. The number of imidazole rings is 1. The molecule has 1 aliphatic heterocycles. The second kappa shape index (κ2) is 7.31. The molecule has 0 bridgehead atoms. The van der Waals surface area contributed by atoms with Gasteiger partial charge in [0, 0.05) is 24.5 Å². The highest BCUT2D eigenvalue weighted by molar-refractivity contribution is 7.99. The third kappa shape index (κ3) is 4.23. The van der Waals surface area contributed by atoms with E-state index in [0.29, 0.717) is 0 Å². The summed E-state index contributed by atoms with van der Waals surface area (Å²) >= 11 is 1.72. The quantitative estimate of drug-likeness (QED) is 0.715. The highest BCUT2D eigenvalue weighted by Crippen LogP contribution is 2.31. The van der Waals surface area contributed by atoms with Crippen molar-refractivity contribution >= 4 is 21.8 Å². The lowest BCUT2D eigenvalue weighted by Gasteiger charge is -2.28. The van der Waals surface area contributed by atoms with E-state index in [0.717, 1.165) is 17.9 Å². The van der Waals surface area contributed by atoms with E-state index in [1.807, 2.05) is 13.8 Å². The van der Waals surface area contributed by atoms with E-state index < -0.39 is 15.6 Å². The topological polar surface area (TPSA) is 93.5 Å². The van der Waals surface area contributed by atoms with Crippen molar-refractivity contribution in [2.75, 3.05) is 31.3 Å². The molecule has 1 aromatic heterocycles. The molecule has 0 radical (unpaired) electrons. The highest BCUT2D eigenvalue weighted by Gasteiger charge is 2.37. The standard InChI is InChI=1S/C13H23N3O4S2/c1-11(2)16-7-12(14-10-16)22(18,19)15-8-13(20-5-4-17)3-6-21-9-13/h7,10-11,15,17H,3-6,8-9H2,1-2H3. The zero-order chi connectivity index (χ0) is 16.2. The van der Waals surface area contributed by atoms with Gasteiger partial charge in [-0.2, -0.15) is 11.8 Å². The fraction of sp³-hybridized carbons (Fsp3) is 0.769. The summed E-state index contributed by atoms with van der Waals surface area (Å²) in [7, 11) is -3.66. The predicted octanol–water partition coefficient (Wildman–Crippen LogP) is 0.627. The fourth-order valence-electron chi connectivity index (χ4n) is 2.19. The molecule has 9 heteroatoms. The molecule has 0 aliphatic carbocycles. The third-order valence-electron chi connectivity index (χ3n) is 3.60. The second-order valence-electron chi connectivity index (χ2n) is 5.64. The van der Waals surface area contributed by atoms with Crippen LogP contribution in [0.3, 0.4) is 0 Å². The maximum absolute atomic E-state index is 12.3. The molecule has 1 aromatic rings. The van der Waals surface area contributed by atoms with Gasteiger partial charge in [0.2, 0.25) is 0 Å². The number of rotatable bonds is 8. The van der Waals surface area contributed by atoms with Gasteiger partial charge in [-0.3, -0.25) is 0 Å². The summed E-state index contributed by atoms with van der Waals surface area (Å²) < 4.78 is 34.7. The van der Waals surface area contributed by atoms with E-state index in [9.17, 15) is 8.42 Å². The van der Waals surface area contributed by atoms with Crippen LogP contribution in [0.25, 0.3) is 0 Å². The molecule has 2 rings (SSSR count). The Balaban J connectivity index is 2.04. The van der Waals surface area contributed by atoms with Crippen LogP contribution in [0.2, 0.25) is 0 Å². The second-order valence-corrected chi connectivity index (χ2v) is 8.45. The molecular formula is C13H23N3O4S2. The van der Waals surface area contributed by atoms with Gasteiger partial charge in [0.15, 0.2) is 5.03 Å². The van der Waals surface area contributed by atoms with Crippen LogP contribution in [0.5, 0.6) is 0 Å². The van der Waals surface area contributed by atoms with Crippen molar-refractivity contribution in [3.05, 3.63) is 12.5 Å². The normalized spacial score (nSPS) is 22.5. The molecule has 1 unspecified atom stereocenters. The van der Waals surface area contributed by atoms with Crippen molar-refractivity contribution in [3.8, 4) is 0 Å². The Morgan fingerprint density at radius 2 is 2.36 bits per heavy atom. The summed E-state index contributed by atoms with van der Waals surface area (Å²) in [6.07, 6.45) is 3.81. The number of hydrogen-bond donors (Lipinski definition) is 2. The maximum atomic E-state index is 12.3. The number of sulfonamides is 1. The van der Waals surface area contributed by atoms with Gasteiger partial charge in [0.05, 0.1) is 25.1 Å². The van der Waals surface area contributed by atoms with Gasteiger partial charge in [0.1, 0.15) is 0 Å². The molecular weight excluding hydrogens is 326 g/mol. The lowest BCUT2D eigenvalue weighted by atomic mass is 10.0. The molecule has 1 atom stereocenters. The molecule has 22 heavy (non-hydrogen) atoms. The van der Waals surface area contributed by atoms with Gasteiger partial charge in [-0.25, -0.2) is 18.1 Å². The van der Waals surface area contributed by atoms with E-state index >= 15 is 0 Å². The summed E-state index contributed by atoms with van der Waals surface area (Å²) in [4.78, 5) is 3.97. The summed E-state index contributed by atoms with van der Waals surface area (Å²) in [5, 5.41) is 8.94. The van der Waals surface area contributed by atoms with Crippen LogP contribution in [0.1, 0.15) is 26.3 Å². The van der Waals surface area contributed by atoms with Gasteiger partial charge in [-0.15, -0.1) is 0 Å². The summed E-state index contributed by atoms with van der Waals surface area (Å²) in [6.45, 7) is 4.25. The first-order valence-corrected chi connectivity index (χ1v) is 9.88. The summed E-state index contributed by atoms with van der Waals surface area (Å²) in [6, 6.07) is 0.155. The number of thioether (sulfide) groups is 1. The number of aliphatic hydroxyl groups is 1. The van der Waals surface area contributed by atoms with Gasteiger partial charge in [-0.1, -0.05) is 0 Å². The number of nitrogens with zero attached hydrogens (tertiary/aromatic N) is 2. The Morgan fingerprint density at radius 1 is 1.59 bits per heavy atom. The predicted molar refractivity (Wildman–Crippen MR) is 85.5 cm³/mol. The van der Waals surface area contributed by atoms with Crippen LogP contribution < -0.4 is 4.72 Å². The Hall–Kier alpha value is -0.610. The Kier molecular flexibility index (Phi) is 5.89. The molecule has 0 amide bonds. The van der Waals surface area contributed by atoms with Crippen LogP contribution in [0, 0.1) is 0 Å². The van der Waals surface area contributed by atoms with Gasteiger partial charge in [-0.05, 0) is 26.0 Å². The molecule has 7 nitrogen and oxygen atoms in total. The first-order valence-electron chi connectivity index (χ1n) is 7.24. The molecule has 1 fully saturated rings. The minimum Gasteiger partial charge on any atom is -0.394 e. The third-order valence-corrected chi connectivity index (χ3v) is 6.11. The molecule has 126 valence electrons. The number of nitrogens with one attached hydrogen (secondary N) is 1. The van der Waals surface area contributed by atoms with E-state index in [1.165, 1.54) is 12.5 Å². The Bertz CT molecular complexity index is 580. The molecule has 2 heterocycles. The van der Waals surface area contributed by atoms with Crippen LogP contribution in [-0.4, -0.2) is 59.9 Å². The number of aliphatic hydroxyl groups excluding tert-OH is 1. The first kappa shape index (κ1) is 17.7. The van der Waals surface area contributed by atoms with Gasteiger partial charge >= 0.3 is 0 Å². The minimum absolute atomic E-state index is 0.0177. The minimum atomic E-state index is -3.66. The highest BCUT2D eigenvalue weighted by atomic mass is 32.2. The molecule has 1 saturated heterocycles. The SMILES string of the molecule is CC(C)n1cnc(S(=O)(=O)NCC2(OCCO)CCSC2)c1. The maximum Gasteiger partial charge on any atom is 0.259 e. The Morgan fingerprint density at radius 3 is 2.91 bits per heavy atom. The van der Waals surface area contributed by atoms with Gasteiger partial charge in [0.25, 0.3) is 10.0 Å². The fourth-order valence-corrected chi connectivity index (χ4v) is 4.60. The van der Waals surface area contributed by atoms with Gasteiger partial charge < -0.3 is 14.4 Å². The molecule has 0 saturated carbocycles. The van der Waals surface area contributed by atoms with Crippen molar-refractivity contribution in [3.63, 3.8) is 0 Å². The van der Waals surface area contributed by atoms with Crippen LogP contribution >= 0.6 is 11.8 Å². The summed E-state index contributed by atoms with van der Waals surface area (Å²) in [5.74, 6) is 1.64. The smallest absolute Gasteiger partial charge is 0.259 e. The van der Waals surface area contributed by atoms with Crippen molar-refractivity contribution in [2.45, 2.75) is 36.9 Å². The van der Waals surface area contributed by atoms with E-state index in [2.05, 4.69) is 9.71 Å². The van der Waals surface area contributed by atoms with Crippen LogP contribution in [0.4, 0.5) is 0 Å². The lowest BCUT2D eigenvalue weighted by Crippen LogP contribution is -2.45. The van der Waals surface area contributed by atoms with Crippen molar-refractivity contribution in [1.29, 1.82) is 0 Å². The number of ether oxygens (including phenoxy) is 1. The monoisotopic (exact) mass is 349 g/mol. The lowest BCUT2D eigenvalue weighted by molar-refractivity contribution is -0.0358. The molecule has 2 N–H and O–H groups in total. The van der Waals surface area contributed by atoms with Crippen molar-refractivity contribution < 1.29 is 18.3 Å². The molecule has 1 aliphatic rings. The van der Waals surface area contributed by atoms with Crippen LogP contribution in [0.15, 0.2) is 17.6 Å². The van der Waals surface area contributed by atoms with E-state index in [4.69, 9.17) is 9.84 Å². The van der Waals surface area contributed by atoms with Crippen LogP contribution in [-0.2, 0) is 14.8 Å². The van der Waals surface area contributed by atoms with Crippen molar-refractivity contribution in [2.24, 2.45) is 0 Å². The zero-order valence-electron chi connectivity index (χ0n) is 12.9. The average molecular weight is 349 g/mol. The Labute approximate surface area is 135 Å².